The van der Waals surface area contributed by atoms with Gasteiger partial charge in [-0.1, -0.05) is 13.8 Å². The second kappa shape index (κ2) is 4.89. The predicted octanol–water partition coefficient (Wildman–Crippen LogP) is 3.16. The van der Waals surface area contributed by atoms with Crippen molar-refractivity contribution in [2.75, 3.05) is 11.9 Å². The van der Waals surface area contributed by atoms with Crippen LogP contribution in [0.15, 0.2) is 18.2 Å². The van der Waals surface area contributed by atoms with Crippen LogP contribution in [0.5, 0.6) is 5.75 Å². The summed E-state index contributed by atoms with van der Waals surface area (Å²) in [7, 11) is 0. The van der Waals surface area contributed by atoms with Gasteiger partial charge < -0.3 is 10.4 Å². The van der Waals surface area contributed by atoms with Crippen LogP contribution in [0.3, 0.4) is 0 Å². The van der Waals surface area contributed by atoms with Gasteiger partial charge in [0.1, 0.15) is 5.75 Å². The molecular weight excluding hydrogens is 174 g/mol. The Balaban J connectivity index is 2.47. The largest absolute Gasteiger partial charge is 0.508 e. The number of phenols is 1. The number of phenolic OH excluding ortho intramolecular Hbond substituents is 1. The smallest absolute Gasteiger partial charge is 0.118 e. The monoisotopic (exact) mass is 193 g/mol. The minimum absolute atomic E-state index is 0.361. The second-order valence-electron chi connectivity index (χ2n) is 4.11. The van der Waals surface area contributed by atoms with Gasteiger partial charge in [-0.15, -0.1) is 0 Å². The van der Waals surface area contributed by atoms with E-state index in [0.29, 0.717) is 5.75 Å². The molecule has 0 fully saturated rings. The Labute approximate surface area is 86.0 Å². The van der Waals surface area contributed by atoms with E-state index in [0.717, 1.165) is 23.7 Å². The first kappa shape index (κ1) is 10.9. The molecule has 0 spiro atoms. The van der Waals surface area contributed by atoms with E-state index in [2.05, 4.69) is 19.2 Å². The lowest BCUT2D eigenvalue weighted by Gasteiger charge is -2.09. The molecule has 0 saturated heterocycles. The maximum atomic E-state index is 9.33. The van der Waals surface area contributed by atoms with Crippen molar-refractivity contribution in [1.82, 2.24) is 0 Å². The molecule has 0 amide bonds. The van der Waals surface area contributed by atoms with Crippen LogP contribution in [-0.2, 0) is 0 Å². The maximum absolute atomic E-state index is 9.33. The molecule has 1 rings (SSSR count). The number of benzene rings is 1. The quantitative estimate of drug-likeness (QED) is 0.720. The first-order valence-electron chi connectivity index (χ1n) is 5.13. The lowest BCUT2D eigenvalue weighted by molar-refractivity contribution is 0.471. The summed E-state index contributed by atoms with van der Waals surface area (Å²) in [6.45, 7) is 7.32. The molecule has 0 aliphatic carbocycles. The molecule has 0 radical (unpaired) electrons. The molecule has 0 heterocycles. The number of hydrogen-bond donors (Lipinski definition) is 2. The number of nitrogens with one attached hydrogen (secondary N) is 1. The summed E-state index contributed by atoms with van der Waals surface area (Å²) in [5.74, 6) is 1.08. The van der Waals surface area contributed by atoms with Crippen molar-refractivity contribution in [3.05, 3.63) is 23.8 Å². The standard InChI is InChI=1S/C12H19NO/c1-9(2)6-7-13-11-4-5-12(14)10(3)8-11/h4-5,8-9,13-14H,6-7H2,1-3H3. The molecule has 0 aromatic heterocycles. The summed E-state index contributed by atoms with van der Waals surface area (Å²) in [5.41, 5.74) is 2.00. The van der Waals surface area contributed by atoms with Crippen molar-refractivity contribution in [3.63, 3.8) is 0 Å². The molecule has 0 unspecified atom stereocenters. The van der Waals surface area contributed by atoms with E-state index >= 15 is 0 Å². The third-order valence-corrected chi connectivity index (χ3v) is 2.25. The molecule has 2 heteroatoms. The van der Waals surface area contributed by atoms with Gasteiger partial charge in [0, 0.05) is 12.2 Å². The van der Waals surface area contributed by atoms with Crippen molar-refractivity contribution in [2.24, 2.45) is 5.92 Å². The zero-order chi connectivity index (χ0) is 10.6. The highest BCUT2D eigenvalue weighted by Gasteiger charge is 1.98. The normalized spacial score (nSPS) is 10.6. The van der Waals surface area contributed by atoms with E-state index in [9.17, 15) is 5.11 Å². The van der Waals surface area contributed by atoms with Gasteiger partial charge >= 0.3 is 0 Å². The number of aromatic hydroxyl groups is 1. The van der Waals surface area contributed by atoms with Crippen LogP contribution in [-0.4, -0.2) is 11.7 Å². The van der Waals surface area contributed by atoms with Crippen LogP contribution in [0, 0.1) is 12.8 Å². The van der Waals surface area contributed by atoms with E-state index in [1.54, 1.807) is 6.07 Å². The molecule has 0 aliphatic heterocycles. The second-order valence-corrected chi connectivity index (χ2v) is 4.11. The van der Waals surface area contributed by atoms with Crippen LogP contribution in [0.1, 0.15) is 25.8 Å². The molecule has 2 nitrogen and oxygen atoms in total. The lowest BCUT2D eigenvalue weighted by atomic mass is 10.1. The number of anilines is 1. The van der Waals surface area contributed by atoms with Gasteiger partial charge in [-0.2, -0.15) is 0 Å². The summed E-state index contributed by atoms with van der Waals surface area (Å²) in [5, 5.41) is 12.7. The van der Waals surface area contributed by atoms with Gasteiger partial charge in [0.25, 0.3) is 0 Å². The van der Waals surface area contributed by atoms with E-state index in [-0.39, 0.29) is 0 Å². The lowest BCUT2D eigenvalue weighted by Crippen LogP contribution is -2.04. The Bertz CT molecular complexity index is 294. The molecule has 0 aliphatic rings. The average molecular weight is 193 g/mol. The molecule has 2 N–H and O–H groups in total. The Morgan fingerprint density at radius 2 is 2.07 bits per heavy atom. The van der Waals surface area contributed by atoms with Gasteiger partial charge in [0.15, 0.2) is 0 Å². The Morgan fingerprint density at radius 1 is 1.36 bits per heavy atom. The van der Waals surface area contributed by atoms with Crippen LogP contribution < -0.4 is 5.32 Å². The van der Waals surface area contributed by atoms with Crippen molar-refractivity contribution < 1.29 is 5.11 Å². The Morgan fingerprint density at radius 3 is 2.64 bits per heavy atom. The maximum Gasteiger partial charge on any atom is 0.118 e. The Kier molecular flexibility index (Phi) is 3.81. The van der Waals surface area contributed by atoms with Crippen molar-refractivity contribution >= 4 is 5.69 Å². The summed E-state index contributed by atoms with van der Waals surface area (Å²) in [6, 6.07) is 5.60. The third-order valence-electron chi connectivity index (χ3n) is 2.25. The van der Waals surface area contributed by atoms with Crippen LogP contribution in [0.4, 0.5) is 5.69 Å². The number of hydrogen-bond acceptors (Lipinski definition) is 2. The number of rotatable bonds is 4. The summed E-state index contributed by atoms with van der Waals surface area (Å²) in [4.78, 5) is 0. The van der Waals surface area contributed by atoms with E-state index in [1.807, 2.05) is 19.1 Å². The molecule has 1 aromatic carbocycles. The highest BCUT2D eigenvalue weighted by molar-refractivity contribution is 5.50. The molecule has 0 atom stereocenters. The molecule has 0 saturated carbocycles. The predicted molar refractivity (Wildman–Crippen MR) is 60.8 cm³/mol. The van der Waals surface area contributed by atoms with Gasteiger partial charge in [0.05, 0.1) is 0 Å². The zero-order valence-corrected chi connectivity index (χ0v) is 9.17. The first-order valence-corrected chi connectivity index (χ1v) is 5.13. The van der Waals surface area contributed by atoms with Crippen LogP contribution in [0.2, 0.25) is 0 Å². The molecule has 0 bridgehead atoms. The minimum atomic E-state index is 0.361. The zero-order valence-electron chi connectivity index (χ0n) is 9.17. The first-order chi connectivity index (χ1) is 6.59. The topological polar surface area (TPSA) is 32.3 Å². The van der Waals surface area contributed by atoms with Crippen LogP contribution in [0.25, 0.3) is 0 Å². The van der Waals surface area contributed by atoms with Crippen LogP contribution >= 0.6 is 0 Å². The van der Waals surface area contributed by atoms with E-state index in [4.69, 9.17) is 0 Å². The average Bonchev–Trinajstić information content (AvgIpc) is 2.10. The SMILES string of the molecule is Cc1cc(NCCC(C)C)ccc1O. The van der Waals surface area contributed by atoms with Crippen molar-refractivity contribution in [1.29, 1.82) is 0 Å². The van der Waals surface area contributed by atoms with Crippen molar-refractivity contribution in [2.45, 2.75) is 27.2 Å². The fourth-order valence-corrected chi connectivity index (χ4v) is 1.27. The fourth-order valence-electron chi connectivity index (χ4n) is 1.27. The van der Waals surface area contributed by atoms with E-state index in [1.165, 1.54) is 6.42 Å². The fraction of sp³-hybridized carbons (Fsp3) is 0.500. The Hall–Kier alpha value is -1.18. The minimum Gasteiger partial charge on any atom is -0.508 e. The molecule has 14 heavy (non-hydrogen) atoms. The highest BCUT2D eigenvalue weighted by Crippen LogP contribution is 2.20. The van der Waals surface area contributed by atoms with Gasteiger partial charge in [-0.25, -0.2) is 0 Å². The molecular formula is C12H19NO. The number of aryl methyl sites for hydroxylation is 1. The molecule has 78 valence electrons. The van der Waals surface area contributed by atoms with Gasteiger partial charge in [-0.3, -0.25) is 0 Å². The van der Waals surface area contributed by atoms with E-state index < -0.39 is 0 Å². The third kappa shape index (κ3) is 3.29. The summed E-state index contributed by atoms with van der Waals surface area (Å²) >= 11 is 0. The summed E-state index contributed by atoms with van der Waals surface area (Å²) < 4.78 is 0. The van der Waals surface area contributed by atoms with Crippen molar-refractivity contribution in [3.8, 4) is 5.75 Å². The van der Waals surface area contributed by atoms with Gasteiger partial charge in [-0.05, 0) is 43.0 Å². The molecule has 1 aromatic rings. The van der Waals surface area contributed by atoms with Gasteiger partial charge in [0.2, 0.25) is 0 Å². The summed E-state index contributed by atoms with van der Waals surface area (Å²) in [6.07, 6.45) is 1.17. The highest BCUT2D eigenvalue weighted by atomic mass is 16.3.